The van der Waals surface area contributed by atoms with Crippen molar-refractivity contribution in [3.63, 3.8) is 0 Å². The zero-order valence-electron chi connectivity index (χ0n) is 16.8. The zero-order valence-corrected chi connectivity index (χ0v) is 16.8. The first kappa shape index (κ1) is 18.2. The smallest absolute Gasteiger partial charge is 0.194 e. The molecule has 3 heteroatoms. The summed E-state index contributed by atoms with van der Waals surface area (Å²) in [5.41, 5.74) is 7.82. The van der Waals surface area contributed by atoms with Crippen LogP contribution in [0.4, 0.5) is 0 Å². The molecule has 0 saturated heterocycles. The van der Waals surface area contributed by atoms with Crippen molar-refractivity contribution >= 4 is 5.78 Å². The van der Waals surface area contributed by atoms with E-state index >= 15 is 0 Å². The molecule has 0 fully saturated rings. The van der Waals surface area contributed by atoms with Gasteiger partial charge < -0.3 is 9.47 Å². The highest BCUT2D eigenvalue weighted by Gasteiger charge is 2.27. The summed E-state index contributed by atoms with van der Waals surface area (Å²) in [7, 11) is 3.32. The Labute approximate surface area is 175 Å². The number of methoxy groups -OCH3 is 2. The molecule has 0 amide bonds. The molecule has 30 heavy (non-hydrogen) atoms. The molecule has 0 heterocycles. The van der Waals surface area contributed by atoms with E-state index in [2.05, 4.69) is 12.1 Å². The van der Waals surface area contributed by atoms with Crippen LogP contribution < -0.4 is 9.47 Å². The van der Waals surface area contributed by atoms with Crippen molar-refractivity contribution in [3.05, 3.63) is 96.1 Å². The molecular formula is C27H20O3. The highest BCUT2D eigenvalue weighted by atomic mass is 16.5. The third-order valence-electron chi connectivity index (χ3n) is 5.67. The third kappa shape index (κ3) is 2.96. The van der Waals surface area contributed by atoms with Crippen LogP contribution >= 0.6 is 0 Å². The number of fused-ring (bicyclic) bond motifs is 3. The maximum atomic E-state index is 12.9. The minimum absolute atomic E-state index is 0.0857. The van der Waals surface area contributed by atoms with Crippen LogP contribution in [0.5, 0.6) is 11.5 Å². The maximum absolute atomic E-state index is 12.9. The van der Waals surface area contributed by atoms with Crippen LogP contribution in [0.3, 0.4) is 0 Å². The van der Waals surface area contributed by atoms with Gasteiger partial charge in [-0.25, -0.2) is 0 Å². The largest absolute Gasteiger partial charge is 0.497 e. The predicted molar refractivity (Wildman–Crippen MR) is 119 cm³/mol. The lowest BCUT2D eigenvalue weighted by Gasteiger charge is -2.08. The fourth-order valence-electron chi connectivity index (χ4n) is 4.00. The van der Waals surface area contributed by atoms with Crippen molar-refractivity contribution in [1.82, 2.24) is 0 Å². The molecule has 0 bridgehead atoms. The van der Waals surface area contributed by atoms with E-state index in [1.54, 1.807) is 14.2 Å². The molecule has 0 atom stereocenters. The van der Waals surface area contributed by atoms with Crippen LogP contribution in [-0.4, -0.2) is 20.0 Å². The van der Waals surface area contributed by atoms with E-state index in [0.29, 0.717) is 0 Å². The zero-order chi connectivity index (χ0) is 20.7. The van der Waals surface area contributed by atoms with Gasteiger partial charge in [-0.1, -0.05) is 36.4 Å². The number of hydrogen-bond acceptors (Lipinski definition) is 3. The van der Waals surface area contributed by atoms with Gasteiger partial charge in [-0.05, 0) is 81.9 Å². The van der Waals surface area contributed by atoms with Crippen LogP contribution in [0.1, 0.15) is 15.9 Å². The van der Waals surface area contributed by atoms with Crippen molar-refractivity contribution in [2.45, 2.75) is 0 Å². The normalized spacial score (nSPS) is 11.7. The van der Waals surface area contributed by atoms with Crippen LogP contribution in [-0.2, 0) is 0 Å². The van der Waals surface area contributed by atoms with Gasteiger partial charge in [-0.2, -0.15) is 0 Å². The Hall–Kier alpha value is -3.85. The first-order valence-corrected chi connectivity index (χ1v) is 9.80. The molecule has 0 aromatic heterocycles. The summed E-state index contributed by atoms with van der Waals surface area (Å²) in [6.45, 7) is 0. The summed E-state index contributed by atoms with van der Waals surface area (Å²) in [4.78, 5) is 12.9. The van der Waals surface area contributed by atoms with E-state index in [9.17, 15) is 4.79 Å². The topological polar surface area (TPSA) is 35.5 Å². The summed E-state index contributed by atoms with van der Waals surface area (Å²) < 4.78 is 10.5. The fraction of sp³-hybridized carbons (Fsp3) is 0.0741. The predicted octanol–water partition coefficient (Wildman–Crippen LogP) is 6.25. The molecule has 4 aromatic rings. The number of ether oxygens (including phenoxy) is 2. The van der Waals surface area contributed by atoms with E-state index < -0.39 is 0 Å². The van der Waals surface area contributed by atoms with Gasteiger partial charge in [-0.15, -0.1) is 0 Å². The quantitative estimate of drug-likeness (QED) is 0.363. The van der Waals surface area contributed by atoms with Crippen molar-refractivity contribution in [1.29, 1.82) is 0 Å². The van der Waals surface area contributed by atoms with Gasteiger partial charge >= 0.3 is 0 Å². The highest BCUT2D eigenvalue weighted by Crippen LogP contribution is 2.41. The van der Waals surface area contributed by atoms with Gasteiger partial charge in [0.1, 0.15) is 11.5 Å². The van der Waals surface area contributed by atoms with E-state index in [-0.39, 0.29) is 5.78 Å². The number of rotatable bonds is 4. The van der Waals surface area contributed by atoms with Crippen molar-refractivity contribution in [2.75, 3.05) is 14.2 Å². The van der Waals surface area contributed by atoms with Crippen molar-refractivity contribution < 1.29 is 14.3 Å². The molecule has 5 rings (SSSR count). The first-order chi connectivity index (χ1) is 14.7. The molecule has 0 spiro atoms. The fourth-order valence-corrected chi connectivity index (χ4v) is 4.00. The van der Waals surface area contributed by atoms with Gasteiger partial charge in [0.2, 0.25) is 0 Å². The summed E-state index contributed by atoms with van der Waals surface area (Å²) in [5.74, 6) is 1.73. The molecule has 4 aromatic carbocycles. The minimum atomic E-state index is 0.0857. The van der Waals surface area contributed by atoms with E-state index in [0.717, 1.165) is 56.0 Å². The molecular weight excluding hydrogens is 372 g/mol. The number of carbonyl (C=O) groups is 1. The Morgan fingerprint density at radius 2 is 0.833 bits per heavy atom. The molecule has 3 nitrogen and oxygen atoms in total. The van der Waals surface area contributed by atoms with Gasteiger partial charge in [0.25, 0.3) is 0 Å². The Balaban J connectivity index is 1.59. The molecule has 1 aliphatic rings. The van der Waals surface area contributed by atoms with Crippen LogP contribution in [0.15, 0.2) is 84.9 Å². The standard InChI is InChI=1S/C27H20O3/c1-29-21-9-3-17(4-10-21)19-7-13-23-25(15-19)26-16-20(8-14-24(26)27(23)28)18-5-11-22(30-2)12-6-18/h3-16H,1-2H3. The highest BCUT2D eigenvalue weighted by molar-refractivity contribution is 6.22. The second kappa shape index (κ2) is 7.20. The second-order valence-corrected chi connectivity index (χ2v) is 7.31. The number of hydrogen-bond donors (Lipinski definition) is 0. The van der Waals surface area contributed by atoms with E-state index in [1.807, 2.05) is 72.8 Å². The van der Waals surface area contributed by atoms with Gasteiger partial charge in [-0.3, -0.25) is 4.79 Å². The average Bonchev–Trinajstić information content (AvgIpc) is 3.10. The van der Waals surface area contributed by atoms with Gasteiger partial charge in [0, 0.05) is 11.1 Å². The Bertz CT molecular complexity index is 1150. The lowest BCUT2D eigenvalue weighted by Crippen LogP contribution is -1.94. The average molecular weight is 392 g/mol. The van der Waals surface area contributed by atoms with Crippen molar-refractivity contribution in [3.8, 4) is 44.9 Å². The molecule has 0 N–H and O–H groups in total. The monoisotopic (exact) mass is 392 g/mol. The Morgan fingerprint density at radius 3 is 1.20 bits per heavy atom. The molecule has 0 unspecified atom stereocenters. The van der Waals surface area contributed by atoms with Crippen LogP contribution in [0.2, 0.25) is 0 Å². The second-order valence-electron chi connectivity index (χ2n) is 7.31. The summed E-state index contributed by atoms with van der Waals surface area (Å²) >= 11 is 0. The molecule has 146 valence electrons. The number of benzene rings is 4. The summed E-state index contributed by atoms with van der Waals surface area (Å²) in [6, 6.07) is 28.0. The summed E-state index contributed by atoms with van der Waals surface area (Å²) in [5, 5.41) is 0. The molecule has 0 radical (unpaired) electrons. The summed E-state index contributed by atoms with van der Waals surface area (Å²) in [6.07, 6.45) is 0. The van der Waals surface area contributed by atoms with Gasteiger partial charge in [0.15, 0.2) is 5.78 Å². The number of ketones is 1. The minimum Gasteiger partial charge on any atom is -0.497 e. The van der Waals surface area contributed by atoms with Gasteiger partial charge in [0.05, 0.1) is 14.2 Å². The lowest BCUT2D eigenvalue weighted by atomic mass is 9.96. The molecule has 0 aliphatic heterocycles. The Kier molecular flexibility index (Phi) is 4.36. The SMILES string of the molecule is COc1ccc(-c2ccc3c(c2)-c2cc(-c4ccc(OC)cc4)ccc2C3=O)cc1. The number of carbonyl (C=O) groups excluding carboxylic acids is 1. The molecule has 1 aliphatic carbocycles. The molecule has 0 saturated carbocycles. The lowest BCUT2D eigenvalue weighted by molar-refractivity contribution is 0.104. The van der Waals surface area contributed by atoms with Crippen LogP contribution in [0, 0.1) is 0 Å². The first-order valence-electron chi connectivity index (χ1n) is 9.80. The van der Waals surface area contributed by atoms with Crippen molar-refractivity contribution in [2.24, 2.45) is 0 Å². The third-order valence-corrected chi connectivity index (χ3v) is 5.67. The maximum Gasteiger partial charge on any atom is 0.194 e. The van der Waals surface area contributed by atoms with Crippen LogP contribution in [0.25, 0.3) is 33.4 Å². The van der Waals surface area contributed by atoms with E-state index in [1.165, 1.54) is 0 Å². The van der Waals surface area contributed by atoms with E-state index in [4.69, 9.17) is 9.47 Å². The Morgan fingerprint density at radius 1 is 0.467 bits per heavy atom.